The standard InChI is InChI=1S/C21H18O4/c1-23-16-11-6-10-15-19(16)20-17(24-2)12-7-13-18(20)25-21(15,22)14-8-4-3-5-9-14/h3-13,22H,1-2H3. The topological polar surface area (TPSA) is 47.9 Å². The molecule has 3 aromatic carbocycles. The maximum atomic E-state index is 11.5. The number of hydrogen-bond donors (Lipinski definition) is 1. The van der Waals surface area contributed by atoms with E-state index in [4.69, 9.17) is 14.2 Å². The molecule has 0 radical (unpaired) electrons. The monoisotopic (exact) mass is 334 g/mol. The lowest BCUT2D eigenvalue weighted by molar-refractivity contribution is -0.110. The molecule has 25 heavy (non-hydrogen) atoms. The van der Waals surface area contributed by atoms with Gasteiger partial charge in [-0.3, -0.25) is 0 Å². The lowest BCUT2D eigenvalue weighted by Crippen LogP contribution is -2.37. The van der Waals surface area contributed by atoms with Gasteiger partial charge in [-0.15, -0.1) is 0 Å². The van der Waals surface area contributed by atoms with Crippen LogP contribution in [0.4, 0.5) is 0 Å². The Bertz CT molecular complexity index is 920. The van der Waals surface area contributed by atoms with Crippen molar-refractivity contribution < 1.29 is 19.3 Å². The van der Waals surface area contributed by atoms with Crippen molar-refractivity contribution in [2.75, 3.05) is 14.2 Å². The third-order valence-corrected chi connectivity index (χ3v) is 4.49. The molecular formula is C21H18O4. The Hall–Kier alpha value is -2.98. The number of benzene rings is 3. The Morgan fingerprint density at radius 1 is 0.760 bits per heavy atom. The average Bonchev–Trinajstić information content (AvgIpc) is 2.67. The van der Waals surface area contributed by atoms with E-state index >= 15 is 0 Å². The summed E-state index contributed by atoms with van der Waals surface area (Å²) in [4.78, 5) is 0. The first-order valence-corrected chi connectivity index (χ1v) is 8.01. The summed E-state index contributed by atoms with van der Waals surface area (Å²) in [6.07, 6.45) is 0. The van der Waals surface area contributed by atoms with E-state index in [-0.39, 0.29) is 0 Å². The molecule has 0 saturated heterocycles. The highest BCUT2D eigenvalue weighted by Crippen LogP contribution is 2.53. The van der Waals surface area contributed by atoms with E-state index in [2.05, 4.69) is 0 Å². The predicted molar refractivity (Wildman–Crippen MR) is 95.1 cm³/mol. The number of fused-ring (bicyclic) bond motifs is 3. The largest absolute Gasteiger partial charge is 0.496 e. The maximum absolute atomic E-state index is 11.5. The summed E-state index contributed by atoms with van der Waals surface area (Å²) in [6, 6.07) is 20.4. The average molecular weight is 334 g/mol. The molecular weight excluding hydrogens is 316 g/mol. The number of rotatable bonds is 3. The van der Waals surface area contributed by atoms with Gasteiger partial charge in [-0.1, -0.05) is 48.5 Å². The number of ether oxygens (including phenoxy) is 3. The van der Waals surface area contributed by atoms with Crippen molar-refractivity contribution in [3.05, 3.63) is 77.9 Å². The summed E-state index contributed by atoms with van der Waals surface area (Å²) in [5, 5.41) is 11.5. The smallest absolute Gasteiger partial charge is 0.262 e. The van der Waals surface area contributed by atoms with Gasteiger partial charge in [-0.25, -0.2) is 0 Å². The fourth-order valence-corrected chi connectivity index (χ4v) is 3.35. The van der Waals surface area contributed by atoms with Crippen LogP contribution in [0.15, 0.2) is 66.7 Å². The van der Waals surface area contributed by atoms with Crippen molar-refractivity contribution >= 4 is 0 Å². The number of methoxy groups -OCH3 is 2. The van der Waals surface area contributed by atoms with E-state index in [0.29, 0.717) is 28.4 Å². The molecule has 1 aliphatic heterocycles. The molecule has 0 bridgehead atoms. The van der Waals surface area contributed by atoms with Crippen molar-refractivity contribution in [3.8, 4) is 28.4 Å². The van der Waals surface area contributed by atoms with Crippen molar-refractivity contribution in [2.24, 2.45) is 0 Å². The van der Waals surface area contributed by atoms with E-state index in [1.165, 1.54) is 0 Å². The quantitative estimate of drug-likeness (QED) is 0.788. The second-order valence-corrected chi connectivity index (χ2v) is 5.83. The highest BCUT2D eigenvalue weighted by molar-refractivity contribution is 5.86. The van der Waals surface area contributed by atoms with Crippen LogP contribution in [0, 0.1) is 0 Å². The molecule has 4 nitrogen and oxygen atoms in total. The molecule has 1 N–H and O–H groups in total. The molecule has 0 saturated carbocycles. The first-order chi connectivity index (χ1) is 12.2. The van der Waals surface area contributed by atoms with E-state index in [1.807, 2.05) is 66.7 Å². The van der Waals surface area contributed by atoms with Gasteiger partial charge < -0.3 is 19.3 Å². The van der Waals surface area contributed by atoms with Gasteiger partial charge in [0, 0.05) is 16.7 Å². The summed E-state index contributed by atoms with van der Waals surface area (Å²) in [7, 11) is 3.23. The van der Waals surface area contributed by atoms with Gasteiger partial charge in [0.25, 0.3) is 5.79 Å². The van der Waals surface area contributed by atoms with Crippen LogP contribution in [0.1, 0.15) is 11.1 Å². The van der Waals surface area contributed by atoms with Gasteiger partial charge in [-0.05, 0) is 18.2 Å². The molecule has 1 atom stereocenters. The first-order valence-electron chi connectivity index (χ1n) is 8.01. The SMILES string of the molecule is COc1cccc2c1-c1c(OC)cccc1C(O)(c1ccccc1)O2. The van der Waals surface area contributed by atoms with Crippen LogP contribution in [0.2, 0.25) is 0 Å². The summed E-state index contributed by atoms with van der Waals surface area (Å²) in [5.41, 5.74) is 2.82. The minimum Gasteiger partial charge on any atom is -0.496 e. The summed E-state index contributed by atoms with van der Waals surface area (Å²) < 4.78 is 17.2. The van der Waals surface area contributed by atoms with Gasteiger partial charge in [-0.2, -0.15) is 0 Å². The van der Waals surface area contributed by atoms with Gasteiger partial charge >= 0.3 is 0 Å². The minimum atomic E-state index is -1.61. The van der Waals surface area contributed by atoms with Crippen LogP contribution >= 0.6 is 0 Å². The Labute approximate surface area is 146 Å². The Morgan fingerprint density at radius 3 is 2.08 bits per heavy atom. The highest BCUT2D eigenvalue weighted by Gasteiger charge is 2.43. The molecule has 0 aliphatic carbocycles. The highest BCUT2D eigenvalue weighted by atomic mass is 16.6. The van der Waals surface area contributed by atoms with Crippen molar-refractivity contribution in [3.63, 3.8) is 0 Å². The zero-order valence-electron chi connectivity index (χ0n) is 14.0. The van der Waals surface area contributed by atoms with Crippen molar-refractivity contribution in [1.29, 1.82) is 0 Å². The van der Waals surface area contributed by atoms with E-state index in [1.54, 1.807) is 14.2 Å². The fourth-order valence-electron chi connectivity index (χ4n) is 3.35. The Kier molecular flexibility index (Phi) is 3.62. The van der Waals surface area contributed by atoms with Gasteiger partial charge in [0.15, 0.2) is 0 Å². The molecule has 3 aromatic rings. The van der Waals surface area contributed by atoms with Crippen LogP contribution in [0.3, 0.4) is 0 Å². The lowest BCUT2D eigenvalue weighted by Gasteiger charge is -2.37. The lowest BCUT2D eigenvalue weighted by atomic mass is 9.86. The first kappa shape index (κ1) is 15.5. The fraction of sp³-hybridized carbons (Fsp3) is 0.143. The molecule has 126 valence electrons. The van der Waals surface area contributed by atoms with Crippen molar-refractivity contribution in [2.45, 2.75) is 5.79 Å². The third kappa shape index (κ3) is 2.26. The van der Waals surface area contributed by atoms with Crippen LogP contribution in [-0.2, 0) is 5.79 Å². The molecule has 1 unspecified atom stereocenters. The van der Waals surface area contributed by atoms with Crippen molar-refractivity contribution in [1.82, 2.24) is 0 Å². The van der Waals surface area contributed by atoms with E-state index in [9.17, 15) is 5.11 Å². The van der Waals surface area contributed by atoms with Crippen LogP contribution in [0.5, 0.6) is 17.2 Å². The maximum Gasteiger partial charge on any atom is 0.262 e. The normalized spacial score (nSPS) is 17.9. The number of aliphatic hydroxyl groups is 1. The van der Waals surface area contributed by atoms with Gasteiger partial charge in [0.1, 0.15) is 17.2 Å². The molecule has 4 heteroatoms. The van der Waals surface area contributed by atoms with Gasteiger partial charge in [0.2, 0.25) is 0 Å². The van der Waals surface area contributed by atoms with E-state index in [0.717, 1.165) is 11.1 Å². The Morgan fingerprint density at radius 2 is 1.40 bits per heavy atom. The minimum absolute atomic E-state index is 0.544. The second-order valence-electron chi connectivity index (χ2n) is 5.83. The molecule has 0 spiro atoms. The van der Waals surface area contributed by atoms with Gasteiger partial charge in [0.05, 0.1) is 19.8 Å². The zero-order chi connectivity index (χ0) is 17.4. The molecule has 0 aromatic heterocycles. The summed E-state index contributed by atoms with van der Waals surface area (Å²) in [6.45, 7) is 0. The number of hydrogen-bond acceptors (Lipinski definition) is 4. The van der Waals surface area contributed by atoms with Crippen LogP contribution in [0.25, 0.3) is 11.1 Å². The third-order valence-electron chi connectivity index (χ3n) is 4.49. The van der Waals surface area contributed by atoms with Crippen LogP contribution in [-0.4, -0.2) is 19.3 Å². The molecule has 1 heterocycles. The van der Waals surface area contributed by atoms with Crippen LogP contribution < -0.4 is 14.2 Å². The molecule has 1 aliphatic rings. The molecule has 4 rings (SSSR count). The summed E-state index contributed by atoms with van der Waals surface area (Å²) >= 11 is 0. The Balaban J connectivity index is 2.07. The molecule has 0 fully saturated rings. The summed E-state index contributed by atoms with van der Waals surface area (Å²) in [5.74, 6) is 0.256. The molecule has 0 amide bonds. The second kappa shape index (κ2) is 5.83. The predicted octanol–water partition coefficient (Wildman–Crippen LogP) is 3.96. The van der Waals surface area contributed by atoms with E-state index < -0.39 is 5.79 Å². The zero-order valence-corrected chi connectivity index (χ0v) is 14.0.